The van der Waals surface area contributed by atoms with Gasteiger partial charge in [0.25, 0.3) is 0 Å². The molecular weight excluding hydrogens is 506 g/mol. The molecule has 40 heavy (non-hydrogen) atoms. The molecule has 2 saturated heterocycles. The lowest BCUT2D eigenvalue weighted by atomic mass is 10.1. The van der Waals surface area contributed by atoms with Crippen LogP contribution < -0.4 is 10.5 Å². The van der Waals surface area contributed by atoms with Crippen molar-refractivity contribution in [1.82, 2.24) is 29.5 Å². The van der Waals surface area contributed by atoms with Crippen LogP contribution in [0.25, 0.3) is 22.3 Å². The van der Waals surface area contributed by atoms with Gasteiger partial charge in [0.05, 0.1) is 11.4 Å². The number of anilines is 1. The molecule has 1 atom stereocenters. The average Bonchev–Trinajstić information content (AvgIpc) is 3.34. The Hall–Kier alpha value is -4.28. The van der Waals surface area contributed by atoms with Crippen molar-refractivity contribution in [3.63, 3.8) is 0 Å². The quantitative estimate of drug-likeness (QED) is 0.269. The van der Waals surface area contributed by atoms with Crippen molar-refractivity contribution in [2.75, 3.05) is 45.6 Å². The minimum absolute atomic E-state index is 0.0170. The van der Waals surface area contributed by atoms with Gasteiger partial charge in [-0.05, 0) is 56.3 Å². The van der Waals surface area contributed by atoms with Crippen LogP contribution in [0, 0.1) is 0 Å². The summed E-state index contributed by atoms with van der Waals surface area (Å²) >= 11 is 0. The second-order valence-electron chi connectivity index (χ2n) is 10.4. The second-order valence-corrected chi connectivity index (χ2v) is 10.4. The van der Waals surface area contributed by atoms with Crippen molar-refractivity contribution >= 4 is 22.8 Å². The van der Waals surface area contributed by atoms with Gasteiger partial charge in [-0.15, -0.1) is 0 Å². The molecule has 2 aliphatic rings. The predicted molar refractivity (Wildman–Crippen MR) is 154 cm³/mol. The molecule has 4 heterocycles. The summed E-state index contributed by atoms with van der Waals surface area (Å²) in [6.45, 7) is 3.78. The molecule has 2 aromatic carbocycles. The lowest BCUT2D eigenvalue weighted by molar-refractivity contribution is -0.177. The van der Waals surface area contributed by atoms with Crippen LogP contribution in [0.4, 0.5) is 5.82 Å². The van der Waals surface area contributed by atoms with E-state index >= 15 is 0 Å². The van der Waals surface area contributed by atoms with Gasteiger partial charge in [0.2, 0.25) is 5.91 Å². The number of amides is 1. The van der Waals surface area contributed by atoms with Gasteiger partial charge in [0.1, 0.15) is 35.4 Å². The molecule has 1 amide bonds. The second kappa shape index (κ2) is 11.4. The molecule has 0 radical (unpaired) electrons. The molecule has 4 aromatic rings. The van der Waals surface area contributed by atoms with Crippen molar-refractivity contribution < 1.29 is 14.3 Å². The molecule has 0 bridgehead atoms. The van der Waals surface area contributed by atoms with Crippen molar-refractivity contribution in [1.29, 1.82) is 0 Å². The summed E-state index contributed by atoms with van der Waals surface area (Å²) in [5.74, 6) is 1.91. The number of piperidine rings is 1. The summed E-state index contributed by atoms with van der Waals surface area (Å²) in [6.07, 6.45) is 6.89. The van der Waals surface area contributed by atoms with Gasteiger partial charge < -0.3 is 20.1 Å². The average molecular weight is 541 g/mol. The standard InChI is InChI=1S/C30H33N7O3/c1-35(23-18-39-19-23)15-6-10-26(38)36-16-5-7-22(17-36)37-30-27(29(31)32-20-33-30)28(34-37)21-11-13-25(14-12-21)40-24-8-3-2-4-9-24/h2-4,6,8-14,20,22-23H,5,7,15-19H2,1H3,(H2,31,32,33)/p+1/b10-6+. The first kappa shape index (κ1) is 26.0. The Morgan fingerprint density at radius 1 is 1.12 bits per heavy atom. The van der Waals surface area contributed by atoms with E-state index in [4.69, 9.17) is 15.6 Å². The Morgan fingerprint density at radius 2 is 1.90 bits per heavy atom. The van der Waals surface area contributed by atoms with E-state index in [1.807, 2.05) is 70.3 Å². The smallest absolute Gasteiger partial charge is 0.246 e. The Balaban J connectivity index is 1.21. The molecule has 1 unspecified atom stereocenters. The van der Waals surface area contributed by atoms with Gasteiger partial charge in [-0.2, -0.15) is 5.10 Å². The number of aromatic nitrogens is 4. The Bertz CT molecular complexity index is 1500. The van der Waals surface area contributed by atoms with Gasteiger partial charge in [-0.25, -0.2) is 14.6 Å². The highest BCUT2D eigenvalue weighted by atomic mass is 16.5. The van der Waals surface area contributed by atoms with Crippen LogP contribution in [0.5, 0.6) is 11.5 Å². The largest absolute Gasteiger partial charge is 0.457 e. The van der Waals surface area contributed by atoms with Crippen LogP contribution in [0.2, 0.25) is 0 Å². The van der Waals surface area contributed by atoms with E-state index in [-0.39, 0.29) is 11.9 Å². The number of nitrogens with zero attached hydrogens (tertiary/aromatic N) is 6. The minimum atomic E-state index is -0.0170. The molecule has 3 N–H and O–H groups in total. The Kier molecular flexibility index (Phi) is 7.43. The van der Waals surface area contributed by atoms with Gasteiger partial charge in [-0.3, -0.25) is 9.69 Å². The maximum atomic E-state index is 13.0. The fourth-order valence-corrected chi connectivity index (χ4v) is 5.21. The van der Waals surface area contributed by atoms with Crippen LogP contribution in [-0.4, -0.2) is 86.1 Å². The van der Waals surface area contributed by atoms with Crippen LogP contribution in [0.15, 0.2) is 73.1 Å². The number of likely N-dealkylation sites (tertiary alicyclic amines) is 1. The monoisotopic (exact) mass is 540 g/mol. The molecule has 0 spiro atoms. The first-order chi connectivity index (χ1) is 19.6. The number of nitrogens with two attached hydrogens (primary N) is 1. The summed E-state index contributed by atoms with van der Waals surface area (Å²) in [5, 5.41) is 5.71. The molecule has 6 rings (SSSR count). The summed E-state index contributed by atoms with van der Waals surface area (Å²) < 4.78 is 12.1. The number of likely N-dealkylation sites (N-methyl/N-ethyl adjacent to an activating group) is 1. The zero-order valence-corrected chi connectivity index (χ0v) is 22.6. The predicted octanol–water partition coefficient (Wildman–Crippen LogP) is 3.43. The molecule has 10 heteroatoms. The van der Waals surface area contributed by atoms with Crippen LogP contribution in [0.3, 0.4) is 0 Å². The van der Waals surface area contributed by atoms with E-state index in [0.29, 0.717) is 35.1 Å². The Morgan fingerprint density at radius 3 is 2.65 bits per heavy atom. The number of para-hydroxylation sites is 1. The van der Waals surface area contributed by atoms with E-state index in [0.717, 1.165) is 56.2 Å². The van der Waals surface area contributed by atoms with Gasteiger partial charge >= 0.3 is 0 Å². The molecule has 2 aromatic heterocycles. The van der Waals surface area contributed by atoms with Crippen LogP contribution in [0.1, 0.15) is 18.9 Å². The van der Waals surface area contributed by atoms with Gasteiger partial charge in [0, 0.05) is 31.3 Å². The highest BCUT2D eigenvalue weighted by molar-refractivity contribution is 5.98. The fraction of sp³-hybridized carbons (Fsp3) is 0.333. The topological polar surface area (TPSA) is 115 Å². The van der Waals surface area contributed by atoms with Crippen molar-refractivity contribution in [3.05, 3.63) is 73.1 Å². The summed E-state index contributed by atoms with van der Waals surface area (Å²) in [7, 11) is 2.07. The van der Waals surface area contributed by atoms with Crippen molar-refractivity contribution in [2.45, 2.75) is 24.9 Å². The summed E-state index contributed by atoms with van der Waals surface area (Å²) in [5.41, 5.74) is 8.63. The first-order valence-electron chi connectivity index (χ1n) is 13.7. The lowest BCUT2D eigenvalue weighted by Crippen LogP contribution is -2.49. The van der Waals surface area contributed by atoms with Crippen molar-refractivity contribution in [2.24, 2.45) is 0 Å². The molecular formula is C30H34N7O3+. The number of benzene rings is 2. The van der Waals surface area contributed by atoms with Crippen LogP contribution >= 0.6 is 0 Å². The number of aliphatic hydroxyl groups is 2. The third-order valence-corrected chi connectivity index (χ3v) is 7.64. The summed E-state index contributed by atoms with van der Waals surface area (Å²) in [4.78, 5) is 26.0. The fourth-order valence-electron chi connectivity index (χ4n) is 5.21. The van der Waals surface area contributed by atoms with Crippen LogP contribution in [-0.2, 0) is 4.79 Å². The molecule has 0 aliphatic carbocycles. The Labute approximate surface area is 233 Å². The van der Waals surface area contributed by atoms with E-state index in [1.165, 1.54) is 6.33 Å². The third-order valence-electron chi connectivity index (χ3n) is 7.64. The highest BCUT2D eigenvalue weighted by Crippen LogP contribution is 2.35. The zero-order chi connectivity index (χ0) is 27.5. The molecule has 2 aliphatic heterocycles. The summed E-state index contributed by atoms with van der Waals surface area (Å²) in [6, 6.07) is 17.9. The van der Waals surface area contributed by atoms with E-state index in [1.54, 1.807) is 6.08 Å². The van der Waals surface area contributed by atoms with Crippen molar-refractivity contribution in [3.8, 4) is 22.8 Å². The normalized spacial score (nSPS) is 17.9. The number of fused-ring (bicyclic) bond motifs is 1. The number of carbonyl (C=O) groups is 1. The maximum Gasteiger partial charge on any atom is 0.246 e. The zero-order valence-electron chi connectivity index (χ0n) is 22.6. The third kappa shape index (κ3) is 5.41. The van der Waals surface area contributed by atoms with E-state index < -0.39 is 0 Å². The number of rotatable bonds is 8. The SMILES string of the molecule is CN(C/C=C/C(=O)N1CCCC(n2nc(-c3ccc(Oc4ccccc4)cc3)c3c(N)ncnc32)C1)C1C[OH+]C1. The van der Waals surface area contributed by atoms with E-state index in [2.05, 4.69) is 26.7 Å². The number of ether oxygens (including phenoxy) is 2. The minimum Gasteiger partial charge on any atom is -0.457 e. The number of nitrogen functional groups attached to an aromatic ring is 1. The lowest BCUT2D eigenvalue weighted by Gasteiger charge is -2.32. The molecule has 10 nitrogen and oxygen atoms in total. The van der Waals surface area contributed by atoms with Gasteiger partial charge in [0.15, 0.2) is 18.9 Å². The molecule has 0 saturated carbocycles. The molecule has 206 valence electrons. The van der Waals surface area contributed by atoms with E-state index in [9.17, 15) is 4.79 Å². The number of hydrogen-bond acceptors (Lipinski definition) is 7. The maximum absolute atomic E-state index is 13.0. The number of hydrogen-bond donors (Lipinski definition) is 1. The number of carbonyl (C=O) groups excluding carboxylic acids is 1. The highest BCUT2D eigenvalue weighted by Gasteiger charge is 2.29. The first-order valence-corrected chi connectivity index (χ1v) is 13.7. The molecule has 2 fully saturated rings. The van der Waals surface area contributed by atoms with Gasteiger partial charge in [-0.1, -0.05) is 24.3 Å².